The minimum absolute atomic E-state index is 0.225. The minimum atomic E-state index is -0.328. The number of ether oxygens (including phenoxy) is 1. The van der Waals surface area contributed by atoms with Crippen molar-refractivity contribution in [1.82, 2.24) is 15.8 Å². The molecule has 0 aliphatic carbocycles. The molecule has 6 atom stereocenters. The predicted octanol–water partition coefficient (Wildman–Crippen LogP) is 3.63. The maximum atomic E-state index is 10.2. The summed E-state index contributed by atoms with van der Waals surface area (Å²) in [5, 5.41) is 1.16. The van der Waals surface area contributed by atoms with Crippen molar-refractivity contribution >= 4 is 23.4 Å². The Bertz CT molecular complexity index is 764. The quantitative estimate of drug-likeness (QED) is 0.661. The number of thioether (sulfide) groups is 1. The number of nitrogens with one attached hydrogen (secondary N) is 2. The standard InChI is InChI=1S/C17H24N4S.C6H12O2/c1-10-11(2)22-17-15(10)16(13-7-5-4-6-8-13)18-9-14-20-19-12(3)21(14)17;1-5(7)8-6(2,3)4/h4-8,10-12,14-15,17,19-20H,9H2,1-3H3;1-4H3. The largest absolute Gasteiger partial charge is 0.460 e. The molecular formula is C23H36N4O2S. The highest BCUT2D eigenvalue weighted by Gasteiger charge is 2.50. The lowest BCUT2D eigenvalue weighted by Gasteiger charge is -2.33. The van der Waals surface area contributed by atoms with Gasteiger partial charge in [0.05, 0.1) is 24.3 Å². The SMILES string of the molecule is CC(=O)OC(C)(C)C.CC1SC2C(C(c3ccccc3)=NCC3NNC(C)N32)C1C. The number of rotatable bonds is 1. The fraction of sp³-hybridized carbons (Fsp3) is 0.652. The monoisotopic (exact) mass is 432 g/mol. The summed E-state index contributed by atoms with van der Waals surface area (Å²) in [4.78, 5) is 17.9. The summed E-state index contributed by atoms with van der Waals surface area (Å²) in [6.45, 7) is 14.7. The first kappa shape index (κ1) is 23.3. The third kappa shape index (κ3) is 5.25. The molecule has 0 spiro atoms. The van der Waals surface area contributed by atoms with E-state index in [1.165, 1.54) is 18.2 Å². The highest BCUT2D eigenvalue weighted by atomic mass is 32.2. The van der Waals surface area contributed by atoms with Crippen LogP contribution < -0.4 is 10.9 Å². The van der Waals surface area contributed by atoms with E-state index in [0.29, 0.717) is 34.8 Å². The van der Waals surface area contributed by atoms with E-state index in [4.69, 9.17) is 9.73 Å². The molecule has 1 aromatic rings. The molecule has 6 nitrogen and oxygen atoms in total. The number of carbonyl (C=O) groups is 1. The fourth-order valence-corrected chi connectivity index (χ4v) is 6.28. The molecule has 3 aliphatic rings. The predicted molar refractivity (Wildman–Crippen MR) is 124 cm³/mol. The van der Waals surface area contributed by atoms with Crippen molar-refractivity contribution in [3.8, 4) is 0 Å². The maximum Gasteiger partial charge on any atom is 0.303 e. The minimum Gasteiger partial charge on any atom is -0.460 e. The van der Waals surface area contributed by atoms with Gasteiger partial charge in [0.2, 0.25) is 0 Å². The molecule has 4 rings (SSSR count). The summed E-state index contributed by atoms with van der Waals surface area (Å²) in [6, 6.07) is 10.7. The first-order chi connectivity index (χ1) is 14.1. The second-order valence-corrected chi connectivity index (χ2v) is 10.8. The van der Waals surface area contributed by atoms with Gasteiger partial charge >= 0.3 is 5.97 Å². The van der Waals surface area contributed by atoms with Gasteiger partial charge in [0.15, 0.2) is 0 Å². The molecule has 166 valence electrons. The van der Waals surface area contributed by atoms with E-state index in [0.717, 1.165) is 6.54 Å². The summed E-state index contributed by atoms with van der Waals surface area (Å²) in [6.07, 6.45) is 0.654. The van der Waals surface area contributed by atoms with Crippen LogP contribution >= 0.6 is 11.8 Å². The number of benzene rings is 1. The normalized spacial score (nSPS) is 33.5. The first-order valence-corrected chi connectivity index (χ1v) is 11.8. The Kier molecular flexibility index (Phi) is 7.28. The number of hydrogen-bond acceptors (Lipinski definition) is 7. The average molecular weight is 433 g/mol. The zero-order chi connectivity index (χ0) is 22.1. The topological polar surface area (TPSA) is 66.0 Å². The van der Waals surface area contributed by atoms with E-state index in [-0.39, 0.29) is 11.6 Å². The van der Waals surface area contributed by atoms with Crippen molar-refractivity contribution in [1.29, 1.82) is 0 Å². The summed E-state index contributed by atoms with van der Waals surface area (Å²) >= 11 is 2.11. The lowest BCUT2D eigenvalue weighted by molar-refractivity contribution is -0.151. The maximum absolute atomic E-state index is 10.2. The molecule has 2 fully saturated rings. The van der Waals surface area contributed by atoms with E-state index < -0.39 is 0 Å². The van der Waals surface area contributed by atoms with E-state index in [1.54, 1.807) is 0 Å². The van der Waals surface area contributed by atoms with Gasteiger partial charge in [-0.15, -0.1) is 11.8 Å². The zero-order valence-corrected chi connectivity index (χ0v) is 20.0. The molecule has 0 saturated carbocycles. The van der Waals surface area contributed by atoms with Crippen molar-refractivity contribution in [2.45, 2.75) is 77.0 Å². The van der Waals surface area contributed by atoms with Gasteiger partial charge in [-0.1, -0.05) is 44.2 Å². The van der Waals surface area contributed by atoms with Gasteiger partial charge in [-0.2, -0.15) is 0 Å². The Morgan fingerprint density at radius 1 is 1.17 bits per heavy atom. The molecular weight excluding hydrogens is 396 g/mol. The van der Waals surface area contributed by atoms with Crippen LogP contribution in [0.4, 0.5) is 0 Å². The van der Waals surface area contributed by atoms with E-state index in [2.05, 4.69) is 78.6 Å². The summed E-state index contributed by atoms with van der Waals surface area (Å²) in [5.41, 5.74) is 9.07. The molecule has 0 radical (unpaired) electrons. The van der Waals surface area contributed by atoms with Crippen LogP contribution in [0.3, 0.4) is 0 Å². The molecule has 2 N–H and O–H groups in total. The van der Waals surface area contributed by atoms with Gasteiger partial charge in [-0.05, 0) is 39.2 Å². The van der Waals surface area contributed by atoms with Crippen LogP contribution in [0.5, 0.6) is 0 Å². The van der Waals surface area contributed by atoms with Crippen LogP contribution in [0.2, 0.25) is 0 Å². The van der Waals surface area contributed by atoms with E-state index >= 15 is 0 Å². The molecule has 6 unspecified atom stereocenters. The van der Waals surface area contributed by atoms with Crippen molar-refractivity contribution in [3.63, 3.8) is 0 Å². The molecule has 3 heterocycles. The Morgan fingerprint density at radius 2 is 1.83 bits per heavy atom. The third-order valence-corrected chi connectivity index (χ3v) is 7.47. The summed E-state index contributed by atoms with van der Waals surface area (Å²) < 4.78 is 4.80. The average Bonchev–Trinajstić information content (AvgIpc) is 3.09. The van der Waals surface area contributed by atoms with E-state index in [9.17, 15) is 4.79 Å². The van der Waals surface area contributed by atoms with E-state index in [1.807, 2.05) is 20.8 Å². The number of esters is 1. The molecule has 0 bridgehead atoms. The second kappa shape index (κ2) is 9.39. The Labute approximate surface area is 185 Å². The van der Waals surface area contributed by atoms with Crippen molar-refractivity contribution in [2.24, 2.45) is 16.8 Å². The number of nitrogens with zero attached hydrogens (tertiary/aromatic N) is 2. The van der Waals surface area contributed by atoms with Gasteiger partial charge < -0.3 is 4.74 Å². The van der Waals surface area contributed by atoms with Gasteiger partial charge in [0.25, 0.3) is 0 Å². The zero-order valence-electron chi connectivity index (χ0n) is 19.2. The highest BCUT2D eigenvalue weighted by Crippen LogP contribution is 2.48. The number of fused-ring (bicyclic) bond motifs is 3. The lowest BCUT2D eigenvalue weighted by Crippen LogP contribution is -2.47. The van der Waals surface area contributed by atoms with Crippen LogP contribution in [0, 0.1) is 11.8 Å². The highest BCUT2D eigenvalue weighted by molar-refractivity contribution is 8.00. The molecule has 3 aliphatic heterocycles. The summed E-state index contributed by atoms with van der Waals surface area (Å²) in [5.74, 6) is 0.912. The molecule has 0 amide bonds. The summed E-state index contributed by atoms with van der Waals surface area (Å²) in [7, 11) is 0. The van der Waals surface area contributed by atoms with Gasteiger partial charge in [0, 0.05) is 23.8 Å². The van der Waals surface area contributed by atoms with Gasteiger partial charge in [0.1, 0.15) is 5.60 Å². The second-order valence-electron chi connectivity index (χ2n) is 9.34. The van der Waals surface area contributed by atoms with Gasteiger partial charge in [-0.25, -0.2) is 10.9 Å². The van der Waals surface area contributed by atoms with Gasteiger partial charge in [-0.3, -0.25) is 14.7 Å². The Balaban J connectivity index is 0.000000275. The van der Waals surface area contributed by atoms with Crippen LogP contribution in [-0.4, -0.2) is 51.7 Å². The Hall–Kier alpha value is -1.41. The van der Waals surface area contributed by atoms with Crippen LogP contribution in [0.15, 0.2) is 35.3 Å². The number of carbonyl (C=O) groups excluding carboxylic acids is 1. The molecule has 2 saturated heterocycles. The van der Waals surface area contributed by atoms with Crippen molar-refractivity contribution in [2.75, 3.05) is 6.54 Å². The van der Waals surface area contributed by atoms with Crippen molar-refractivity contribution < 1.29 is 9.53 Å². The fourth-order valence-electron chi connectivity index (χ4n) is 4.41. The molecule has 7 heteroatoms. The van der Waals surface area contributed by atoms with Crippen LogP contribution in [-0.2, 0) is 9.53 Å². The molecule has 0 aromatic heterocycles. The Morgan fingerprint density at radius 3 is 2.40 bits per heavy atom. The number of hydrazine groups is 1. The smallest absolute Gasteiger partial charge is 0.303 e. The first-order valence-electron chi connectivity index (χ1n) is 10.8. The van der Waals surface area contributed by atoms with Crippen LogP contribution in [0.25, 0.3) is 0 Å². The third-order valence-electron chi connectivity index (χ3n) is 5.80. The lowest BCUT2D eigenvalue weighted by atomic mass is 9.84. The van der Waals surface area contributed by atoms with Crippen LogP contribution in [0.1, 0.15) is 54.0 Å². The number of hydrogen-bond donors (Lipinski definition) is 2. The molecule has 1 aromatic carbocycles. The van der Waals surface area contributed by atoms with Crippen molar-refractivity contribution in [3.05, 3.63) is 35.9 Å². The molecule has 30 heavy (non-hydrogen) atoms. The number of aliphatic imine (C=N–C) groups is 1.